The summed E-state index contributed by atoms with van der Waals surface area (Å²) in [5, 5.41) is 5.36. The number of morpholine rings is 1. The van der Waals surface area contributed by atoms with Gasteiger partial charge in [0, 0.05) is 35.7 Å². The van der Waals surface area contributed by atoms with E-state index < -0.39 is 0 Å². The highest BCUT2D eigenvalue weighted by atomic mass is 35.5. The van der Waals surface area contributed by atoms with E-state index in [0.717, 1.165) is 78.7 Å². The van der Waals surface area contributed by atoms with Crippen LogP contribution in [0.1, 0.15) is 25.5 Å². The van der Waals surface area contributed by atoms with E-state index in [1.54, 1.807) is 0 Å². The molecule has 4 nitrogen and oxygen atoms in total. The lowest BCUT2D eigenvalue weighted by atomic mass is 10.1. The van der Waals surface area contributed by atoms with Gasteiger partial charge in [-0.3, -0.25) is 4.90 Å². The van der Waals surface area contributed by atoms with E-state index in [2.05, 4.69) is 27.8 Å². The molecule has 0 bridgehead atoms. The number of hydrogen-bond donors (Lipinski definition) is 1. The number of fused-ring (bicyclic) bond motifs is 1. The molecule has 2 heterocycles. The average molecular weight is 360 g/mol. The van der Waals surface area contributed by atoms with Gasteiger partial charge in [0.05, 0.1) is 24.4 Å². The lowest BCUT2D eigenvalue weighted by Crippen LogP contribution is -2.36. The molecule has 1 N–H and O–H groups in total. The monoisotopic (exact) mass is 359 g/mol. The zero-order valence-corrected chi connectivity index (χ0v) is 15.6. The molecule has 0 radical (unpaired) electrons. The molecule has 25 heavy (non-hydrogen) atoms. The molecule has 1 aromatic carbocycles. The van der Waals surface area contributed by atoms with Crippen LogP contribution in [0.4, 0.5) is 5.69 Å². The van der Waals surface area contributed by atoms with Gasteiger partial charge in [0.25, 0.3) is 0 Å². The zero-order valence-electron chi connectivity index (χ0n) is 14.9. The summed E-state index contributed by atoms with van der Waals surface area (Å²) in [7, 11) is 0. The van der Waals surface area contributed by atoms with Crippen LogP contribution in [-0.4, -0.2) is 49.3 Å². The van der Waals surface area contributed by atoms with Gasteiger partial charge in [0.2, 0.25) is 0 Å². The number of halogens is 1. The lowest BCUT2D eigenvalue weighted by Gasteiger charge is -2.26. The molecule has 5 heteroatoms. The van der Waals surface area contributed by atoms with Crippen LogP contribution in [0.15, 0.2) is 30.8 Å². The van der Waals surface area contributed by atoms with E-state index >= 15 is 0 Å². The summed E-state index contributed by atoms with van der Waals surface area (Å²) in [6.07, 6.45) is 2.31. The quantitative estimate of drug-likeness (QED) is 0.741. The summed E-state index contributed by atoms with van der Waals surface area (Å²) >= 11 is 6.17. The van der Waals surface area contributed by atoms with Crippen LogP contribution >= 0.6 is 11.6 Å². The van der Waals surface area contributed by atoms with Gasteiger partial charge in [-0.25, -0.2) is 4.98 Å². The van der Waals surface area contributed by atoms with E-state index in [4.69, 9.17) is 16.3 Å². The average Bonchev–Trinajstić information content (AvgIpc) is 2.62. The van der Waals surface area contributed by atoms with Gasteiger partial charge >= 0.3 is 0 Å². The zero-order chi connectivity index (χ0) is 17.6. The van der Waals surface area contributed by atoms with Crippen LogP contribution in [-0.2, 0) is 4.74 Å². The fourth-order valence-corrected chi connectivity index (χ4v) is 3.24. The maximum absolute atomic E-state index is 6.17. The van der Waals surface area contributed by atoms with Gasteiger partial charge < -0.3 is 10.1 Å². The predicted molar refractivity (Wildman–Crippen MR) is 106 cm³/mol. The Hall–Kier alpha value is -1.62. The Morgan fingerprint density at radius 1 is 1.28 bits per heavy atom. The predicted octanol–water partition coefficient (Wildman–Crippen LogP) is 4.45. The molecule has 134 valence electrons. The molecule has 2 aromatic rings. The standard InChI is InChI=1S/C20H26ClN3O/c1-15(2)19-14-20(17-13-16(21)5-6-18(17)23-19)22-7-3-4-8-24-9-11-25-12-10-24/h5-6,13-14H,1,3-4,7-12H2,2H3,(H,22,23). The number of aromatic nitrogens is 1. The molecule has 0 aliphatic carbocycles. The number of anilines is 1. The van der Waals surface area contributed by atoms with E-state index in [1.807, 2.05) is 25.1 Å². The topological polar surface area (TPSA) is 37.4 Å². The second-order valence-electron chi connectivity index (χ2n) is 6.58. The summed E-state index contributed by atoms with van der Waals surface area (Å²) in [5.74, 6) is 0. The van der Waals surface area contributed by atoms with Crippen molar-refractivity contribution in [3.05, 3.63) is 41.6 Å². The number of ether oxygens (including phenoxy) is 1. The van der Waals surface area contributed by atoms with Gasteiger partial charge in [0.15, 0.2) is 0 Å². The highest BCUT2D eigenvalue weighted by Crippen LogP contribution is 2.28. The van der Waals surface area contributed by atoms with Crippen LogP contribution in [0.25, 0.3) is 16.5 Å². The van der Waals surface area contributed by atoms with Crippen LogP contribution in [0.3, 0.4) is 0 Å². The van der Waals surface area contributed by atoms with E-state index in [-0.39, 0.29) is 0 Å². The second kappa shape index (κ2) is 8.65. The molecule has 0 atom stereocenters. The third-order valence-electron chi connectivity index (χ3n) is 4.53. The van der Waals surface area contributed by atoms with Crippen molar-refractivity contribution < 1.29 is 4.74 Å². The van der Waals surface area contributed by atoms with Gasteiger partial charge in [0.1, 0.15) is 0 Å². The molecule has 1 aromatic heterocycles. The first-order valence-corrected chi connectivity index (χ1v) is 9.31. The maximum Gasteiger partial charge on any atom is 0.0731 e. The van der Waals surface area contributed by atoms with Crippen molar-refractivity contribution in [2.24, 2.45) is 0 Å². The Kier molecular flexibility index (Phi) is 6.29. The third kappa shape index (κ3) is 4.94. The molecule has 0 spiro atoms. The molecule has 0 saturated carbocycles. The summed E-state index contributed by atoms with van der Waals surface area (Å²) < 4.78 is 5.39. The van der Waals surface area contributed by atoms with Crippen LogP contribution in [0.2, 0.25) is 5.02 Å². The van der Waals surface area contributed by atoms with Gasteiger partial charge in [-0.1, -0.05) is 18.2 Å². The molecule has 0 amide bonds. The molecule has 3 rings (SSSR count). The number of rotatable bonds is 7. The number of nitrogens with one attached hydrogen (secondary N) is 1. The molecular weight excluding hydrogens is 334 g/mol. The van der Waals surface area contributed by atoms with Crippen molar-refractivity contribution in [1.82, 2.24) is 9.88 Å². The fourth-order valence-electron chi connectivity index (χ4n) is 3.07. The lowest BCUT2D eigenvalue weighted by molar-refractivity contribution is 0.0373. The van der Waals surface area contributed by atoms with E-state index in [1.165, 1.54) is 6.42 Å². The van der Waals surface area contributed by atoms with Crippen LogP contribution in [0.5, 0.6) is 0 Å². The van der Waals surface area contributed by atoms with Crippen molar-refractivity contribution in [2.45, 2.75) is 19.8 Å². The fraction of sp³-hybridized carbons (Fsp3) is 0.450. The molecule has 0 unspecified atom stereocenters. The Balaban J connectivity index is 1.61. The summed E-state index contributed by atoms with van der Waals surface area (Å²) in [6, 6.07) is 7.89. The van der Waals surface area contributed by atoms with Gasteiger partial charge in [-0.15, -0.1) is 0 Å². The number of pyridine rings is 1. The molecule has 1 saturated heterocycles. The number of nitrogens with zero attached hydrogens (tertiary/aromatic N) is 2. The largest absolute Gasteiger partial charge is 0.384 e. The molecule has 1 aliphatic rings. The smallest absolute Gasteiger partial charge is 0.0731 e. The minimum Gasteiger partial charge on any atom is -0.384 e. The minimum absolute atomic E-state index is 0.729. The first-order valence-electron chi connectivity index (χ1n) is 8.93. The summed E-state index contributed by atoms with van der Waals surface area (Å²) in [5.41, 5.74) is 3.91. The van der Waals surface area contributed by atoms with Crippen LogP contribution in [0, 0.1) is 0 Å². The highest BCUT2D eigenvalue weighted by Gasteiger charge is 2.10. The summed E-state index contributed by atoms with van der Waals surface area (Å²) in [4.78, 5) is 7.14. The summed E-state index contributed by atoms with van der Waals surface area (Å²) in [6.45, 7) is 11.9. The van der Waals surface area contributed by atoms with Gasteiger partial charge in [-0.05, 0) is 56.1 Å². The number of unbranched alkanes of at least 4 members (excludes halogenated alkanes) is 1. The highest BCUT2D eigenvalue weighted by molar-refractivity contribution is 6.31. The Bertz CT molecular complexity index is 741. The van der Waals surface area contributed by atoms with Crippen molar-refractivity contribution in [3.63, 3.8) is 0 Å². The maximum atomic E-state index is 6.17. The first kappa shape index (κ1) is 18.2. The first-order chi connectivity index (χ1) is 12.1. The van der Waals surface area contributed by atoms with E-state index in [0.29, 0.717) is 0 Å². The normalized spacial score (nSPS) is 15.4. The van der Waals surface area contributed by atoms with Gasteiger partial charge in [-0.2, -0.15) is 0 Å². The second-order valence-corrected chi connectivity index (χ2v) is 7.02. The SMILES string of the molecule is C=C(C)c1cc(NCCCCN2CCOCC2)c2cc(Cl)ccc2n1. The van der Waals surface area contributed by atoms with E-state index in [9.17, 15) is 0 Å². The van der Waals surface area contributed by atoms with Crippen molar-refractivity contribution >= 4 is 33.8 Å². The van der Waals surface area contributed by atoms with Crippen molar-refractivity contribution in [2.75, 3.05) is 44.7 Å². The Morgan fingerprint density at radius 3 is 2.84 bits per heavy atom. The minimum atomic E-state index is 0.729. The Morgan fingerprint density at radius 2 is 2.08 bits per heavy atom. The molecule has 1 fully saturated rings. The molecular formula is C20H26ClN3O. The molecule has 1 aliphatic heterocycles. The number of benzene rings is 1. The van der Waals surface area contributed by atoms with Crippen LogP contribution < -0.4 is 5.32 Å². The third-order valence-corrected chi connectivity index (χ3v) is 4.76. The number of allylic oxidation sites excluding steroid dienone is 1. The van der Waals surface area contributed by atoms with Crippen molar-refractivity contribution in [1.29, 1.82) is 0 Å². The van der Waals surface area contributed by atoms with Crippen molar-refractivity contribution in [3.8, 4) is 0 Å². The number of hydrogen-bond acceptors (Lipinski definition) is 4. The Labute approximate surface area is 154 Å².